The number of carboxylic acids is 1. The zero-order valence-corrected chi connectivity index (χ0v) is 26.8. The topological polar surface area (TPSA) is 138 Å². The number of ether oxygens (including phenoxy) is 1. The normalized spacial score (nSPS) is 12.5. The van der Waals surface area contributed by atoms with Crippen LogP contribution in [0.25, 0.3) is 22.3 Å². The lowest BCUT2D eigenvalue weighted by atomic mass is 9.92. The summed E-state index contributed by atoms with van der Waals surface area (Å²) < 4.78 is 21.2. The summed E-state index contributed by atoms with van der Waals surface area (Å²) in [7, 11) is 0. The monoisotopic (exact) mass is 644 g/mol. The van der Waals surface area contributed by atoms with Crippen molar-refractivity contribution in [1.82, 2.24) is 9.88 Å². The predicted octanol–water partition coefficient (Wildman–Crippen LogP) is 6.17. The van der Waals surface area contributed by atoms with E-state index in [0.29, 0.717) is 33.5 Å². The van der Waals surface area contributed by atoms with E-state index in [-0.39, 0.29) is 44.4 Å². The van der Waals surface area contributed by atoms with Gasteiger partial charge in [0, 0.05) is 29.4 Å². The SMILES string of the molecule is CCOC(=O)c1cccc(CNC(=O)c2c(-c3ccccc3)c(-c3ccc(F)cc3)c(CC[C@@H](O)C[C@@H](O)CC(=O)O)n2C(C)C)c1. The van der Waals surface area contributed by atoms with Crippen LogP contribution in [0, 0.1) is 5.82 Å². The number of hydrogen-bond acceptors (Lipinski definition) is 6. The van der Waals surface area contributed by atoms with Crippen molar-refractivity contribution in [2.75, 3.05) is 6.61 Å². The van der Waals surface area contributed by atoms with E-state index in [1.807, 2.05) is 48.7 Å². The number of aliphatic hydroxyl groups excluding tert-OH is 2. The molecule has 47 heavy (non-hydrogen) atoms. The Balaban J connectivity index is 1.81. The number of benzene rings is 3. The summed E-state index contributed by atoms with van der Waals surface area (Å²) in [6.07, 6.45) is -2.36. The van der Waals surface area contributed by atoms with Gasteiger partial charge in [-0.1, -0.05) is 54.6 Å². The minimum Gasteiger partial charge on any atom is -0.481 e. The second-order valence-corrected chi connectivity index (χ2v) is 11.7. The Morgan fingerprint density at radius 3 is 2.21 bits per heavy atom. The molecule has 0 unspecified atom stereocenters. The summed E-state index contributed by atoms with van der Waals surface area (Å²) in [5, 5.41) is 33.0. The Bertz CT molecular complexity index is 1680. The van der Waals surface area contributed by atoms with Crippen LogP contribution in [0.5, 0.6) is 0 Å². The number of hydrogen-bond donors (Lipinski definition) is 4. The molecule has 3 aromatic carbocycles. The van der Waals surface area contributed by atoms with Gasteiger partial charge in [0.05, 0.1) is 30.8 Å². The third-order valence-electron chi connectivity index (χ3n) is 7.79. The molecule has 0 bridgehead atoms. The third-order valence-corrected chi connectivity index (χ3v) is 7.79. The van der Waals surface area contributed by atoms with Gasteiger partial charge in [0.25, 0.3) is 5.91 Å². The summed E-state index contributed by atoms with van der Waals surface area (Å²) in [5.41, 5.74) is 4.97. The lowest BCUT2D eigenvalue weighted by Gasteiger charge is -2.20. The Kier molecular flexibility index (Phi) is 12.1. The molecule has 4 aromatic rings. The van der Waals surface area contributed by atoms with Crippen molar-refractivity contribution >= 4 is 17.8 Å². The van der Waals surface area contributed by atoms with E-state index < -0.39 is 36.4 Å². The van der Waals surface area contributed by atoms with Gasteiger partial charge in [-0.3, -0.25) is 9.59 Å². The van der Waals surface area contributed by atoms with E-state index in [0.717, 1.165) is 11.3 Å². The molecule has 1 aromatic heterocycles. The molecule has 0 aliphatic heterocycles. The molecule has 0 saturated heterocycles. The minimum absolute atomic E-state index is 0.121. The summed E-state index contributed by atoms with van der Waals surface area (Å²) in [4.78, 5) is 37.6. The first-order valence-electron chi connectivity index (χ1n) is 15.7. The van der Waals surface area contributed by atoms with Crippen molar-refractivity contribution in [3.8, 4) is 22.3 Å². The first kappa shape index (κ1) is 35.1. The van der Waals surface area contributed by atoms with Gasteiger partial charge in [-0.25, -0.2) is 9.18 Å². The second kappa shape index (κ2) is 16.2. The average Bonchev–Trinajstić information content (AvgIpc) is 3.39. The lowest BCUT2D eigenvalue weighted by molar-refractivity contribution is -0.139. The molecule has 0 radical (unpaired) electrons. The fourth-order valence-electron chi connectivity index (χ4n) is 5.80. The fourth-order valence-corrected chi connectivity index (χ4v) is 5.80. The van der Waals surface area contributed by atoms with Gasteiger partial charge in [-0.2, -0.15) is 0 Å². The number of amides is 1. The smallest absolute Gasteiger partial charge is 0.338 e. The Morgan fingerprint density at radius 1 is 0.894 bits per heavy atom. The summed E-state index contributed by atoms with van der Waals surface area (Å²) in [6.45, 7) is 5.99. The largest absolute Gasteiger partial charge is 0.481 e. The van der Waals surface area contributed by atoms with Crippen molar-refractivity contribution in [3.05, 3.63) is 107 Å². The van der Waals surface area contributed by atoms with Crippen molar-refractivity contribution in [2.45, 2.75) is 71.2 Å². The third kappa shape index (κ3) is 8.93. The molecule has 9 nitrogen and oxygen atoms in total. The zero-order valence-electron chi connectivity index (χ0n) is 26.8. The number of aliphatic carboxylic acids is 1. The van der Waals surface area contributed by atoms with Gasteiger partial charge in [0.1, 0.15) is 11.5 Å². The number of esters is 1. The lowest BCUT2D eigenvalue weighted by Crippen LogP contribution is -2.27. The van der Waals surface area contributed by atoms with Crippen LogP contribution < -0.4 is 5.32 Å². The second-order valence-electron chi connectivity index (χ2n) is 11.7. The van der Waals surface area contributed by atoms with Crippen LogP contribution in [0.15, 0.2) is 78.9 Å². The average molecular weight is 645 g/mol. The van der Waals surface area contributed by atoms with Crippen LogP contribution in [-0.2, 0) is 22.5 Å². The Labute approximate surface area is 273 Å². The van der Waals surface area contributed by atoms with E-state index in [2.05, 4.69) is 5.32 Å². The van der Waals surface area contributed by atoms with Gasteiger partial charge in [0.2, 0.25) is 0 Å². The summed E-state index contributed by atoms with van der Waals surface area (Å²) >= 11 is 0. The molecule has 4 N–H and O–H groups in total. The highest BCUT2D eigenvalue weighted by atomic mass is 19.1. The van der Waals surface area contributed by atoms with Crippen molar-refractivity contribution < 1.29 is 38.8 Å². The van der Waals surface area contributed by atoms with E-state index in [9.17, 15) is 29.0 Å². The fraction of sp³-hybridized carbons (Fsp3) is 0.324. The maximum absolute atomic E-state index is 14.3. The molecule has 4 rings (SSSR count). The van der Waals surface area contributed by atoms with Crippen molar-refractivity contribution in [3.63, 3.8) is 0 Å². The molecule has 0 spiro atoms. The molecule has 1 heterocycles. The Morgan fingerprint density at radius 2 is 1.57 bits per heavy atom. The van der Waals surface area contributed by atoms with E-state index in [4.69, 9.17) is 9.84 Å². The van der Waals surface area contributed by atoms with Crippen LogP contribution in [0.4, 0.5) is 4.39 Å². The maximum atomic E-state index is 14.3. The molecular weight excluding hydrogens is 603 g/mol. The van der Waals surface area contributed by atoms with Crippen molar-refractivity contribution in [2.24, 2.45) is 0 Å². The highest BCUT2D eigenvalue weighted by molar-refractivity contribution is 6.05. The number of aromatic nitrogens is 1. The van der Waals surface area contributed by atoms with Gasteiger partial charge in [0.15, 0.2) is 0 Å². The zero-order chi connectivity index (χ0) is 34.1. The number of nitrogens with zero attached hydrogens (tertiary/aromatic N) is 1. The highest BCUT2D eigenvalue weighted by Crippen LogP contribution is 2.42. The van der Waals surface area contributed by atoms with Crippen LogP contribution in [0.3, 0.4) is 0 Å². The minimum atomic E-state index is -1.21. The van der Waals surface area contributed by atoms with Crippen molar-refractivity contribution in [1.29, 1.82) is 0 Å². The molecular formula is C37H41FN2O7. The number of carboxylic acid groups (broad SMARTS) is 1. The van der Waals surface area contributed by atoms with Gasteiger partial charge in [-0.15, -0.1) is 0 Å². The molecule has 248 valence electrons. The van der Waals surface area contributed by atoms with Crippen LogP contribution in [0.2, 0.25) is 0 Å². The predicted molar refractivity (Wildman–Crippen MR) is 176 cm³/mol. The molecule has 2 atom stereocenters. The molecule has 10 heteroatoms. The first-order chi connectivity index (χ1) is 22.5. The number of halogens is 1. The molecule has 0 aliphatic carbocycles. The summed E-state index contributed by atoms with van der Waals surface area (Å²) in [5.74, 6) is -2.39. The van der Waals surface area contributed by atoms with Crippen LogP contribution in [-0.4, -0.2) is 56.5 Å². The molecule has 0 saturated carbocycles. The van der Waals surface area contributed by atoms with E-state index in [1.54, 1.807) is 43.3 Å². The van der Waals surface area contributed by atoms with Crippen LogP contribution in [0.1, 0.15) is 78.2 Å². The highest BCUT2D eigenvalue weighted by Gasteiger charge is 2.30. The van der Waals surface area contributed by atoms with E-state index in [1.165, 1.54) is 12.1 Å². The summed E-state index contributed by atoms with van der Waals surface area (Å²) in [6, 6.07) is 22.1. The molecule has 0 fully saturated rings. The molecule has 0 aliphatic rings. The van der Waals surface area contributed by atoms with Gasteiger partial charge < -0.3 is 29.9 Å². The molecule has 1 amide bonds. The number of nitrogens with one attached hydrogen (secondary N) is 1. The number of carbonyl (C=O) groups is 3. The van der Waals surface area contributed by atoms with Gasteiger partial charge >= 0.3 is 11.9 Å². The van der Waals surface area contributed by atoms with E-state index >= 15 is 0 Å². The number of aliphatic hydroxyl groups is 2. The standard InChI is InChI=1S/C37H41FN2O7/c1-4-47-37(46)27-12-8-9-24(19-27)22-39-36(45)35-34(25-10-6-5-7-11-25)33(26-13-15-28(38)16-14-26)31(40(35)23(2)3)18-17-29(41)20-30(42)21-32(43)44/h5-16,19,23,29-30,41-42H,4,17-18,20-22H2,1-3H3,(H,39,45)(H,43,44)/t29-,30-/m1/s1. The number of carbonyl (C=O) groups excluding carboxylic acids is 2. The van der Waals surface area contributed by atoms with Gasteiger partial charge in [-0.05, 0) is 81.0 Å². The number of rotatable bonds is 15. The first-order valence-corrected chi connectivity index (χ1v) is 15.7. The van der Waals surface area contributed by atoms with Crippen LogP contribution >= 0.6 is 0 Å². The quantitative estimate of drug-likeness (QED) is 0.114. The Hall–Kier alpha value is -4.80. The maximum Gasteiger partial charge on any atom is 0.338 e.